The fraction of sp³-hybridized carbons (Fsp3) is 0.286. The second-order valence-corrected chi connectivity index (χ2v) is 4.97. The molecule has 1 aromatic carbocycles. The third kappa shape index (κ3) is 3.24. The number of aromatic nitrogens is 2. The quantitative estimate of drug-likeness (QED) is 0.827. The molecule has 0 aliphatic heterocycles. The molecule has 0 spiro atoms. The van der Waals surface area contributed by atoms with Gasteiger partial charge in [0.1, 0.15) is 0 Å². The summed E-state index contributed by atoms with van der Waals surface area (Å²) in [6, 6.07) is 10.5. The minimum absolute atomic E-state index is 0.522. The van der Waals surface area contributed by atoms with E-state index in [9.17, 15) is 0 Å². The Hall–Kier alpha value is -1.48. The highest BCUT2D eigenvalue weighted by Crippen LogP contribution is 2.18. The van der Waals surface area contributed by atoms with E-state index in [0.29, 0.717) is 10.7 Å². The van der Waals surface area contributed by atoms with E-state index in [1.54, 1.807) is 6.20 Å². The second-order valence-electron chi connectivity index (χ2n) is 4.58. The minimum Gasteiger partial charge on any atom is -0.330 e. The molecule has 2 aromatic rings. The summed E-state index contributed by atoms with van der Waals surface area (Å²) in [7, 11) is 0. The van der Waals surface area contributed by atoms with Crippen molar-refractivity contribution in [2.45, 2.75) is 20.3 Å². The van der Waals surface area contributed by atoms with Gasteiger partial charge < -0.3 is 4.98 Å². The molecule has 3 heteroatoms. The van der Waals surface area contributed by atoms with Gasteiger partial charge in [0.2, 0.25) is 0 Å². The third-order valence-electron chi connectivity index (χ3n) is 2.58. The molecule has 0 aliphatic carbocycles. The molecular weight excluding hydrogens is 228 g/mol. The molecule has 88 valence electrons. The fourth-order valence-corrected chi connectivity index (χ4v) is 2.00. The van der Waals surface area contributed by atoms with Crippen LogP contribution in [-0.2, 0) is 6.42 Å². The number of nitrogens with one attached hydrogen (secondary N) is 1. The van der Waals surface area contributed by atoms with E-state index in [2.05, 4.69) is 48.1 Å². The summed E-state index contributed by atoms with van der Waals surface area (Å²) in [5.41, 5.74) is 3.53. The Morgan fingerprint density at radius 1 is 1.18 bits per heavy atom. The van der Waals surface area contributed by atoms with Crippen molar-refractivity contribution in [1.82, 2.24) is 9.97 Å². The second kappa shape index (κ2) is 5.23. The Bertz CT molecular complexity index is 541. The predicted molar refractivity (Wildman–Crippen MR) is 73.4 cm³/mol. The lowest BCUT2D eigenvalue weighted by Gasteiger charge is -2.06. The van der Waals surface area contributed by atoms with Crippen molar-refractivity contribution in [2.24, 2.45) is 5.92 Å². The van der Waals surface area contributed by atoms with E-state index >= 15 is 0 Å². The van der Waals surface area contributed by atoms with Gasteiger partial charge in [-0.25, -0.2) is 4.98 Å². The predicted octanol–water partition coefficient (Wildman–Crippen LogP) is 4.00. The molecule has 1 heterocycles. The first-order valence-corrected chi connectivity index (χ1v) is 6.20. The van der Waals surface area contributed by atoms with E-state index in [1.807, 2.05) is 6.07 Å². The molecule has 0 saturated heterocycles. The zero-order valence-electron chi connectivity index (χ0n) is 10.1. The number of benzene rings is 1. The number of aromatic amines is 1. The van der Waals surface area contributed by atoms with Gasteiger partial charge in [0.25, 0.3) is 0 Å². The van der Waals surface area contributed by atoms with E-state index in [1.165, 1.54) is 5.56 Å². The largest absolute Gasteiger partial charge is 0.330 e. The molecule has 0 saturated carbocycles. The van der Waals surface area contributed by atoms with Gasteiger partial charge in [-0.3, -0.25) is 0 Å². The normalized spacial score (nSPS) is 10.8. The molecular formula is C14H16N2S. The molecule has 0 unspecified atom stereocenters. The van der Waals surface area contributed by atoms with E-state index in [0.717, 1.165) is 17.7 Å². The van der Waals surface area contributed by atoms with Gasteiger partial charge in [-0.15, -0.1) is 0 Å². The maximum Gasteiger partial charge on any atom is 0.197 e. The highest BCUT2D eigenvalue weighted by atomic mass is 32.1. The molecule has 0 amide bonds. The van der Waals surface area contributed by atoms with Gasteiger partial charge in [0, 0.05) is 11.9 Å². The van der Waals surface area contributed by atoms with Crippen LogP contribution in [0.3, 0.4) is 0 Å². The first kappa shape index (κ1) is 12.0. The molecule has 2 rings (SSSR count). The van der Waals surface area contributed by atoms with Crippen LogP contribution in [0.2, 0.25) is 0 Å². The molecule has 0 radical (unpaired) electrons. The third-order valence-corrected chi connectivity index (χ3v) is 2.79. The van der Waals surface area contributed by atoms with Crippen molar-refractivity contribution < 1.29 is 0 Å². The molecule has 17 heavy (non-hydrogen) atoms. The number of rotatable bonds is 3. The SMILES string of the molecule is CC(C)Cc1ccc(-c2ccnc(=S)[nH]2)cc1. The highest BCUT2D eigenvalue weighted by Gasteiger charge is 2.00. The van der Waals surface area contributed by atoms with Crippen LogP contribution in [0.4, 0.5) is 0 Å². The average Bonchev–Trinajstić information content (AvgIpc) is 2.29. The van der Waals surface area contributed by atoms with Crippen LogP contribution in [0.1, 0.15) is 19.4 Å². The zero-order chi connectivity index (χ0) is 12.3. The molecule has 1 aromatic heterocycles. The molecule has 0 bridgehead atoms. The van der Waals surface area contributed by atoms with Crippen molar-refractivity contribution in [3.05, 3.63) is 46.9 Å². The molecule has 0 aliphatic rings. The Morgan fingerprint density at radius 2 is 1.88 bits per heavy atom. The summed E-state index contributed by atoms with van der Waals surface area (Å²) in [5.74, 6) is 0.688. The first-order chi connectivity index (χ1) is 8.15. The maximum absolute atomic E-state index is 5.02. The van der Waals surface area contributed by atoms with E-state index in [-0.39, 0.29) is 0 Å². The molecule has 1 N–H and O–H groups in total. The lowest BCUT2D eigenvalue weighted by atomic mass is 10.0. The Morgan fingerprint density at radius 3 is 2.47 bits per heavy atom. The van der Waals surface area contributed by atoms with Crippen LogP contribution < -0.4 is 0 Å². The van der Waals surface area contributed by atoms with Crippen molar-refractivity contribution in [3.63, 3.8) is 0 Å². The minimum atomic E-state index is 0.522. The zero-order valence-corrected chi connectivity index (χ0v) is 10.9. The van der Waals surface area contributed by atoms with Crippen LogP contribution in [0.5, 0.6) is 0 Å². The first-order valence-electron chi connectivity index (χ1n) is 5.80. The smallest absolute Gasteiger partial charge is 0.197 e. The van der Waals surface area contributed by atoms with E-state index in [4.69, 9.17) is 12.2 Å². The van der Waals surface area contributed by atoms with Crippen molar-refractivity contribution in [3.8, 4) is 11.3 Å². The average molecular weight is 244 g/mol. The highest BCUT2D eigenvalue weighted by molar-refractivity contribution is 7.71. The lowest BCUT2D eigenvalue weighted by molar-refractivity contribution is 0.647. The standard InChI is InChI=1S/C14H16N2S/c1-10(2)9-11-3-5-12(6-4-11)13-7-8-15-14(17)16-13/h3-8,10H,9H2,1-2H3,(H,15,16,17). The van der Waals surface area contributed by atoms with Gasteiger partial charge in [0.05, 0.1) is 0 Å². The van der Waals surface area contributed by atoms with Crippen LogP contribution in [-0.4, -0.2) is 9.97 Å². The lowest BCUT2D eigenvalue weighted by Crippen LogP contribution is -1.93. The number of nitrogens with zero attached hydrogens (tertiary/aromatic N) is 1. The monoisotopic (exact) mass is 244 g/mol. The summed E-state index contributed by atoms with van der Waals surface area (Å²) in [6.45, 7) is 4.46. The van der Waals surface area contributed by atoms with Crippen molar-refractivity contribution in [1.29, 1.82) is 0 Å². The molecule has 0 fully saturated rings. The fourth-order valence-electron chi connectivity index (χ4n) is 1.83. The maximum atomic E-state index is 5.02. The van der Waals surface area contributed by atoms with Gasteiger partial charge in [-0.05, 0) is 41.7 Å². The summed E-state index contributed by atoms with van der Waals surface area (Å²) in [6.07, 6.45) is 2.85. The van der Waals surface area contributed by atoms with Crippen LogP contribution in [0, 0.1) is 10.7 Å². The molecule has 2 nitrogen and oxygen atoms in total. The van der Waals surface area contributed by atoms with Gasteiger partial charge >= 0.3 is 0 Å². The number of H-pyrrole nitrogens is 1. The van der Waals surface area contributed by atoms with Crippen LogP contribution >= 0.6 is 12.2 Å². The Labute approximate surface area is 107 Å². The number of hydrogen-bond acceptors (Lipinski definition) is 2. The summed E-state index contributed by atoms with van der Waals surface area (Å²) in [5, 5.41) is 0. The topological polar surface area (TPSA) is 28.7 Å². The van der Waals surface area contributed by atoms with Gasteiger partial charge in [-0.2, -0.15) is 0 Å². The summed E-state index contributed by atoms with van der Waals surface area (Å²) < 4.78 is 0.522. The van der Waals surface area contributed by atoms with Crippen LogP contribution in [0.15, 0.2) is 36.5 Å². The Kier molecular flexibility index (Phi) is 3.69. The van der Waals surface area contributed by atoms with Gasteiger partial charge in [-0.1, -0.05) is 38.1 Å². The van der Waals surface area contributed by atoms with E-state index < -0.39 is 0 Å². The number of hydrogen-bond donors (Lipinski definition) is 1. The summed E-state index contributed by atoms with van der Waals surface area (Å²) in [4.78, 5) is 7.07. The Balaban J connectivity index is 2.26. The van der Waals surface area contributed by atoms with Crippen molar-refractivity contribution in [2.75, 3.05) is 0 Å². The molecule has 0 atom stereocenters. The van der Waals surface area contributed by atoms with Crippen molar-refractivity contribution >= 4 is 12.2 Å². The van der Waals surface area contributed by atoms with Gasteiger partial charge in [0.15, 0.2) is 4.77 Å². The summed E-state index contributed by atoms with van der Waals surface area (Å²) >= 11 is 5.02. The van der Waals surface area contributed by atoms with Crippen LogP contribution in [0.25, 0.3) is 11.3 Å².